The van der Waals surface area contributed by atoms with Crippen LogP contribution in [-0.2, 0) is 6.54 Å². The monoisotopic (exact) mass is 300 g/mol. The third-order valence-electron chi connectivity index (χ3n) is 3.39. The molecule has 0 bridgehead atoms. The van der Waals surface area contributed by atoms with E-state index in [-0.39, 0.29) is 18.0 Å². The van der Waals surface area contributed by atoms with Crippen LogP contribution in [0.1, 0.15) is 27.2 Å². The van der Waals surface area contributed by atoms with Crippen molar-refractivity contribution in [1.29, 1.82) is 0 Å². The van der Waals surface area contributed by atoms with Gasteiger partial charge in [0, 0.05) is 23.4 Å². The molecular weight excluding hydrogens is 283 g/mol. The van der Waals surface area contributed by atoms with Crippen LogP contribution >= 0.6 is 0 Å². The standard InChI is InChI=1S/C15H17BN2O4/c1-9-7-10(2)18-15(20)13(9)8-17-14(19)11-3-5-12(6-4-11)16(21)22/h3-7,21-22H,8H2,1-2H3,(H,17,19)(H,18,20). The Kier molecular flexibility index (Phi) is 4.80. The summed E-state index contributed by atoms with van der Waals surface area (Å²) >= 11 is 0. The van der Waals surface area contributed by atoms with Gasteiger partial charge < -0.3 is 20.3 Å². The largest absolute Gasteiger partial charge is 0.488 e. The Balaban J connectivity index is 2.09. The number of carbonyl (C=O) groups excluding carboxylic acids is 1. The van der Waals surface area contributed by atoms with Crippen LogP contribution in [0.3, 0.4) is 0 Å². The van der Waals surface area contributed by atoms with Crippen molar-refractivity contribution in [3.8, 4) is 0 Å². The molecule has 1 heterocycles. The Morgan fingerprint density at radius 3 is 2.41 bits per heavy atom. The van der Waals surface area contributed by atoms with E-state index in [0.29, 0.717) is 16.6 Å². The zero-order valence-electron chi connectivity index (χ0n) is 12.4. The molecule has 4 N–H and O–H groups in total. The summed E-state index contributed by atoms with van der Waals surface area (Å²) in [5, 5.41) is 20.7. The number of hydrogen-bond donors (Lipinski definition) is 4. The van der Waals surface area contributed by atoms with Crippen LogP contribution in [0.2, 0.25) is 0 Å². The van der Waals surface area contributed by atoms with Gasteiger partial charge in [-0.15, -0.1) is 0 Å². The molecular formula is C15H17BN2O4. The van der Waals surface area contributed by atoms with Crippen LogP contribution in [0.4, 0.5) is 0 Å². The van der Waals surface area contributed by atoms with E-state index in [1.165, 1.54) is 24.3 Å². The number of hydrogen-bond acceptors (Lipinski definition) is 4. The van der Waals surface area contributed by atoms with Gasteiger partial charge in [-0.05, 0) is 43.1 Å². The summed E-state index contributed by atoms with van der Waals surface area (Å²) in [6, 6.07) is 7.76. The van der Waals surface area contributed by atoms with Crippen molar-refractivity contribution in [1.82, 2.24) is 10.3 Å². The maximum atomic E-state index is 12.0. The second-order valence-corrected chi connectivity index (χ2v) is 5.12. The Bertz CT molecular complexity index is 738. The van der Waals surface area contributed by atoms with E-state index in [1.807, 2.05) is 13.0 Å². The second kappa shape index (κ2) is 6.59. The predicted molar refractivity (Wildman–Crippen MR) is 84.0 cm³/mol. The van der Waals surface area contributed by atoms with E-state index in [4.69, 9.17) is 10.0 Å². The van der Waals surface area contributed by atoms with Gasteiger partial charge in [-0.25, -0.2) is 0 Å². The molecule has 6 nitrogen and oxygen atoms in total. The molecule has 7 heteroatoms. The highest BCUT2D eigenvalue weighted by Crippen LogP contribution is 2.04. The highest BCUT2D eigenvalue weighted by molar-refractivity contribution is 6.58. The van der Waals surface area contributed by atoms with Crippen molar-refractivity contribution in [3.05, 3.63) is 63.1 Å². The molecule has 22 heavy (non-hydrogen) atoms. The summed E-state index contributed by atoms with van der Waals surface area (Å²) in [4.78, 5) is 26.6. The van der Waals surface area contributed by atoms with Crippen molar-refractivity contribution in [3.63, 3.8) is 0 Å². The molecule has 0 saturated carbocycles. The minimum Gasteiger partial charge on any atom is -0.423 e. The summed E-state index contributed by atoms with van der Waals surface area (Å²) in [7, 11) is -1.56. The summed E-state index contributed by atoms with van der Waals surface area (Å²) in [5.74, 6) is -0.335. The first-order valence-corrected chi connectivity index (χ1v) is 6.82. The van der Waals surface area contributed by atoms with Crippen molar-refractivity contribution in [2.75, 3.05) is 0 Å². The van der Waals surface area contributed by atoms with Gasteiger partial charge in [0.2, 0.25) is 0 Å². The number of aromatic nitrogens is 1. The van der Waals surface area contributed by atoms with Gasteiger partial charge in [0.05, 0.1) is 0 Å². The lowest BCUT2D eigenvalue weighted by atomic mass is 9.80. The first kappa shape index (κ1) is 16.0. The van der Waals surface area contributed by atoms with E-state index in [1.54, 1.807) is 6.92 Å². The maximum Gasteiger partial charge on any atom is 0.488 e. The fraction of sp³-hybridized carbons (Fsp3) is 0.200. The van der Waals surface area contributed by atoms with E-state index < -0.39 is 7.12 Å². The van der Waals surface area contributed by atoms with E-state index in [0.717, 1.165) is 11.3 Å². The van der Waals surface area contributed by atoms with Gasteiger partial charge in [-0.3, -0.25) is 9.59 Å². The number of benzene rings is 1. The molecule has 0 atom stereocenters. The van der Waals surface area contributed by atoms with Crippen LogP contribution in [0.5, 0.6) is 0 Å². The van der Waals surface area contributed by atoms with Gasteiger partial charge >= 0.3 is 7.12 Å². The summed E-state index contributed by atoms with van der Waals surface area (Å²) < 4.78 is 0. The quantitative estimate of drug-likeness (QED) is 0.577. The Labute approximate surface area is 128 Å². The fourth-order valence-electron chi connectivity index (χ4n) is 2.18. The first-order chi connectivity index (χ1) is 10.4. The number of carbonyl (C=O) groups is 1. The lowest BCUT2D eigenvalue weighted by molar-refractivity contribution is 0.0950. The van der Waals surface area contributed by atoms with E-state index >= 15 is 0 Å². The minimum absolute atomic E-state index is 0.130. The lowest BCUT2D eigenvalue weighted by Gasteiger charge is -2.08. The summed E-state index contributed by atoms with van der Waals surface area (Å²) in [5.41, 5.74) is 2.59. The maximum absolute atomic E-state index is 12.0. The molecule has 0 aliphatic heterocycles. The van der Waals surface area contributed by atoms with Crippen LogP contribution in [0.15, 0.2) is 35.1 Å². The zero-order valence-corrected chi connectivity index (χ0v) is 12.4. The van der Waals surface area contributed by atoms with E-state index in [2.05, 4.69) is 10.3 Å². The predicted octanol–water partition coefficient (Wildman–Crippen LogP) is -0.398. The molecule has 114 valence electrons. The third-order valence-corrected chi connectivity index (χ3v) is 3.39. The lowest BCUT2D eigenvalue weighted by Crippen LogP contribution is -2.31. The van der Waals surface area contributed by atoms with Crippen LogP contribution in [0, 0.1) is 13.8 Å². The molecule has 2 aromatic rings. The Hall–Kier alpha value is -2.38. The fourth-order valence-corrected chi connectivity index (χ4v) is 2.18. The average Bonchev–Trinajstić information content (AvgIpc) is 2.46. The zero-order chi connectivity index (χ0) is 16.3. The van der Waals surface area contributed by atoms with Crippen molar-refractivity contribution >= 4 is 18.5 Å². The summed E-state index contributed by atoms with van der Waals surface area (Å²) in [6.45, 7) is 3.75. The van der Waals surface area contributed by atoms with Crippen LogP contribution in [-0.4, -0.2) is 28.1 Å². The molecule has 0 radical (unpaired) electrons. The van der Waals surface area contributed by atoms with Crippen LogP contribution < -0.4 is 16.3 Å². The summed E-state index contributed by atoms with van der Waals surface area (Å²) in [6.07, 6.45) is 0. The topological polar surface area (TPSA) is 102 Å². The molecule has 1 aromatic heterocycles. The Morgan fingerprint density at radius 2 is 1.86 bits per heavy atom. The highest BCUT2D eigenvalue weighted by Gasteiger charge is 2.13. The normalized spacial score (nSPS) is 10.4. The van der Waals surface area contributed by atoms with Gasteiger partial charge in [-0.2, -0.15) is 0 Å². The molecule has 0 saturated heterocycles. The number of aromatic amines is 1. The molecule has 1 aromatic carbocycles. The van der Waals surface area contributed by atoms with E-state index in [9.17, 15) is 9.59 Å². The molecule has 0 fully saturated rings. The number of pyridine rings is 1. The SMILES string of the molecule is Cc1cc(C)c(CNC(=O)c2ccc(B(O)O)cc2)c(=O)[nH]1. The van der Waals surface area contributed by atoms with Crippen LogP contribution in [0.25, 0.3) is 0 Å². The molecule has 0 spiro atoms. The number of H-pyrrole nitrogens is 1. The molecule has 0 aliphatic rings. The molecule has 0 aliphatic carbocycles. The Morgan fingerprint density at radius 1 is 1.23 bits per heavy atom. The number of aryl methyl sites for hydroxylation is 2. The smallest absolute Gasteiger partial charge is 0.423 e. The first-order valence-electron chi connectivity index (χ1n) is 6.82. The number of amides is 1. The number of rotatable bonds is 4. The minimum atomic E-state index is -1.56. The second-order valence-electron chi connectivity index (χ2n) is 5.12. The van der Waals surface area contributed by atoms with Gasteiger partial charge in [-0.1, -0.05) is 12.1 Å². The highest BCUT2D eigenvalue weighted by atomic mass is 16.4. The van der Waals surface area contributed by atoms with Gasteiger partial charge in [0.15, 0.2) is 0 Å². The third kappa shape index (κ3) is 3.63. The van der Waals surface area contributed by atoms with Crippen molar-refractivity contribution < 1.29 is 14.8 Å². The van der Waals surface area contributed by atoms with Gasteiger partial charge in [0.1, 0.15) is 0 Å². The van der Waals surface area contributed by atoms with Crippen molar-refractivity contribution in [2.45, 2.75) is 20.4 Å². The van der Waals surface area contributed by atoms with Crippen molar-refractivity contribution in [2.24, 2.45) is 0 Å². The molecule has 1 amide bonds. The average molecular weight is 300 g/mol. The van der Waals surface area contributed by atoms with Gasteiger partial charge in [0.25, 0.3) is 11.5 Å². The molecule has 0 unspecified atom stereocenters. The number of nitrogens with one attached hydrogen (secondary N) is 2. The molecule has 2 rings (SSSR count).